The van der Waals surface area contributed by atoms with Gasteiger partial charge in [0.15, 0.2) is 0 Å². The van der Waals surface area contributed by atoms with Gasteiger partial charge in [-0.05, 0) is 37.8 Å². The summed E-state index contributed by atoms with van der Waals surface area (Å²) in [5.41, 5.74) is 6.05. The summed E-state index contributed by atoms with van der Waals surface area (Å²) in [6.45, 7) is 7.88. The van der Waals surface area contributed by atoms with Crippen LogP contribution in [-0.2, 0) is 11.3 Å². The largest absolute Gasteiger partial charge is 0.345 e. The molecule has 2 atom stereocenters. The summed E-state index contributed by atoms with van der Waals surface area (Å²) in [5.74, 6) is 1.01. The van der Waals surface area contributed by atoms with Crippen LogP contribution in [0, 0.1) is 25.7 Å². The molecule has 2 aromatic rings. The summed E-state index contributed by atoms with van der Waals surface area (Å²) in [6.07, 6.45) is 3.06. The summed E-state index contributed by atoms with van der Waals surface area (Å²) in [6, 6.07) is 6.52. The van der Waals surface area contributed by atoms with Crippen molar-refractivity contribution in [1.29, 1.82) is 0 Å². The highest BCUT2D eigenvalue weighted by Gasteiger charge is 2.41. The van der Waals surface area contributed by atoms with E-state index in [1.54, 1.807) is 0 Å². The van der Waals surface area contributed by atoms with E-state index in [0.29, 0.717) is 11.8 Å². The maximum Gasteiger partial charge on any atom is 0.227 e. The number of H-pyrrole nitrogens is 1. The Morgan fingerprint density at radius 3 is 2.96 bits per heavy atom. The smallest absolute Gasteiger partial charge is 0.227 e. The van der Waals surface area contributed by atoms with Crippen molar-refractivity contribution < 1.29 is 4.79 Å². The Balaban J connectivity index is 1.54. The first-order chi connectivity index (χ1) is 12.0. The minimum Gasteiger partial charge on any atom is -0.345 e. The summed E-state index contributed by atoms with van der Waals surface area (Å²) in [5, 5.41) is 7.49. The predicted octanol–water partition coefficient (Wildman–Crippen LogP) is 2.60. The zero-order chi connectivity index (χ0) is 17.6. The van der Waals surface area contributed by atoms with Crippen molar-refractivity contribution in [2.75, 3.05) is 26.7 Å². The van der Waals surface area contributed by atoms with Crippen molar-refractivity contribution in [3.05, 3.63) is 41.1 Å². The van der Waals surface area contributed by atoms with E-state index < -0.39 is 0 Å². The van der Waals surface area contributed by atoms with Crippen LogP contribution in [0.15, 0.2) is 24.4 Å². The summed E-state index contributed by atoms with van der Waals surface area (Å²) >= 11 is 0. The number of carbonyl (C=O) groups excluding carboxylic acids is 1. The first kappa shape index (κ1) is 16.3. The van der Waals surface area contributed by atoms with Crippen molar-refractivity contribution >= 4 is 5.91 Å². The van der Waals surface area contributed by atoms with Crippen LogP contribution in [-0.4, -0.2) is 52.6 Å². The van der Waals surface area contributed by atoms with E-state index in [1.807, 2.05) is 18.1 Å². The number of rotatable bonds is 3. The SMILES string of the molecule is Cc1ccc(C)c(-c2[nH]ncc2CN2C[C@H]3CCN(C)C(=O)[C@H]3C2)c1. The predicted molar refractivity (Wildman–Crippen MR) is 98.0 cm³/mol. The van der Waals surface area contributed by atoms with Crippen LogP contribution in [0.3, 0.4) is 0 Å². The standard InChI is InChI=1S/C20H26N4O/c1-13-4-5-14(2)17(8-13)19-16(9-21-22-19)11-24-10-15-6-7-23(3)20(25)18(15)12-24/h4-5,8-9,15,18H,6-7,10-12H2,1-3H3,(H,21,22)/t15-,18+/m1/s1. The molecular weight excluding hydrogens is 312 g/mol. The quantitative estimate of drug-likeness (QED) is 0.936. The van der Waals surface area contributed by atoms with Crippen LogP contribution in [0.1, 0.15) is 23.1 Å². The van der Waals surface area contributed by atoms with Gasteiger partial charge in [-0.25, -0.2) is 0 Å². The molecular formula is C20H26N4O. The number of aryl methyl sites for hydroxylation is 2. The highest BCUT2D eigenvalue weighted by atomic mass is 16.2. The molecule has 5 nitrogen and oxygen atoms in total. The molecule has 0 radical (unpaired) electrons. The molecule has 5 heteroatoms. The van der Waals surface area contributed by atoms with Crippen molar-refractivity contribution in [2.45, 2.75) is 26.8 Å². The van der Waals surface area contributed by atoms with Crippen LogP contribution in [0.25, 0.3) is 11.3 Å². The molecule has 2 fully saturated rings. The van der Waals surface area contributed by atoms with Crippen LogP contribution in [0.4, 0.5) is 0 Å². The third-order valence-corrected chi connectivity index (χ3v) is 5.82. The van der Waals surface area contributed by atoms with Crippen molar-refractivity contribution in [3.63, 3.8) is 0 Å². The lowest BCUT2D eigenvalue weighted by atomic mass is 9.88. The number of aromatic amines is 1. The highest BCUT2D eigenvalue weighted by molar-refractivity contribution is 5.80. The summed E-state index contributed by atoms with van der Waals surface area (Å²) < 4.78 is 0. The van der Waals surface area contributed by atoms with Gasteiger partial charge in [0.25, 0.3) is 0 Å². The van der Waals surface area contributed by atoms with Gasteiger partial charge < -0.3 is 4.90 Å². The van der Waals surface area contributed by atoms with Gasteiger partial charge in [0.05, 0.1) is 17.8 Å². The lowest BCUT2D eigenvalue weighted by molar-refractivity contribution is -0.137. The van der Waals surface area contributed by atoms with E-state index in [2.05, 4.69) is 47.1 Å². The van der Waals surface area contributed by atoms with Gasteiger partial charge in [0, 0.05) is 44.4 Å². The number of amides is 1. The lowest BCUT2D eigenvalue weighted by Crippen LogP contribution is -2.42. The summed E-state index contributed by atoms with van der Waals surface area (Å²) in [7, 11) is 1.93. The molecule has 1 aromatic carbocycles. The summed E-state index contributed by atoms with van der Waals surface area (Å²) in [4.78, 5) is 16.7. The Morgan fingerprint density at radius 2 is 2.12 bits per heavy atom. The average Bonchev–Trinajstić information content (AvgIpc) is 3.21. The monoisotopic (exact) mass is 338 g/mol. The van der Waals surface area contributed by atoms with Crippen molar-refractivity contribution in [3.8, 4) is 11.3 Å². The minimum absolute atomic E-state index is 0.176. The number of hydrogen-bond acceptors (Lipinski definition) is 3. The van der Waals surface area contributed by atoms with Gasteiger partial charge in [-0.3, -0.25) is 14.8 Å². The van der Waals surface area contributed by atoms with Gasteiger partial charge in [0.2, 0.25) is 5.91 Å². The van der Waals surface area contributed by atoms with Crippen LogP contribution >= 0.6 is 0 Å². The van der Waals surface area contributed by atoms with E-state index in [9.17, 15) is 4.79 Å². The zero-order valence-electron chi connectivity index (χ0n) is 15.2. The molecule has 0 bridgehead atoms. The molecule has 1 amide bonds. The second-order valence-corrected chi connectivity index (χ2v) is 7.70. The maximum absolute atomic E-state index is 12.4. The van der Waals surface area contributed by atoms with Crippen molar-refractivity contribution in [1.82, 2.24) is 20.0 Å². The number of fused-ring (bicyclic) bond motifs is 1. The number of benzene rings is 1. The second-order valence-electron chi connectivity index (χ2n) is 7.70. The third-order valence-electron chi connectivity index (χ3n) is 5.82. The number of likely N-dealkylation sites (tertiary alicyclic amines) is 2. The highest BCUT2D eigenvalue weighted by Crippen LogP contribution is 2.34. The normalized spacial score (nSPS) is 24.0. The Hall–Kier alpha value is -2.14. The molecule has 0 spiro atoms. The minimum atomic E-state index is 0.176. The molecule has 4 rings (SSSR count). The topological polar surface area (TPSA) is 52.2 Å². The van der Waals surface area contributed by atoms with Gasteiger partial charge in [0.1, 0.15) is 0 Å². The molecule has 1 N–H and O–H groups in total. The molecule has 0 aliphatic carbocycles. The molecule has 3 heterocycles. The molecule has 2 aliphatic heterocycles. The Labute approximate surface area is 149 Å². The van der Waals surface area contributed by atoms with Gasteiger partial charge in [-0.2, -0.15) is 5.10 Å². The molecule has 2 saturated heterocycles. The fourth-order valence-electron chi connectivity index (χ4n) is 4.32. The Kier molecular flexibility index (Phi) is 4.12. The van der Waals surface area contributed by atoms with E-state index in [1.165, 1.54) is 22.3 Å². The van der Waals surface area contributed by atoms with Gasteiger partial charge in [-0.1, -0.05) is 17.7 Å². The van der Waals surface area contributed by atoms with Crippen molar-refractivity contribution in [2.24, 2.45) is 11.8 Å². The Morgan fingerprint density at radius 1 is 1.28 bits per heavy atom. The molecule has 0 saturated carbocycles. The Bertz CT molecular complexity index is 797. The van der Waals surface area contributed by atoms with E-state index in [0.717, 1.165) is 38.3 Å². The first-order valence-corrected chi connectivity index (χ1v) is 9.10. The average molecular weight is 338 g/mol. The molecule has 25 heavy (non-hydrogen) atoms. The number of carbonyl (C=O) groups is 1. The van der Waals surface area contributed by atoms with Crippen LogP contribution < -0.4 is 0 Å². The number of nitrogens with one attached hydrogen (secondary N) is 1. The van der Waals surface area contributed by atoms with Gasteiger partial charge in [-0.15, -0.1) is 0 Å². The fourth-order valence-corrected chi connectivity index (χ4v) is 4.32. The van der Waals surface area contributed by atoms with Gasteiger partial charge >= 0.3 is 0 Å². The second kappa shape index (κ2) is 6.30. The van der Waals surface area contributed by atoms with E-state index in [4.69, 9.17) is 0 Å². The first-order valence-electron chi connectivity index (χ1n) is 9.10. The molecule has 1 aromatic heterocycles. The number of piperidine rings is 1. The van der Waals surface area contributed by atoms with Crippen LogP contribution in [0.2, 0.25) is 0 Å². The zero-order valence-corrected chi connectivity index (χ0v) is 15.2. The third kappa shape index (κ3) is 2.97. The number of aromatic nitrogens is 2. The van der Waals surface area contributed by atoms with E-state index in [-0.39, 0.29) is 5.92 Å². The molecule has 132 valence electrons. The molecule has 0 unspecified atom stereocenters. The number of hydrogen-bond donors (Lipinski definition) is 1. The number of nitrogens with zero attached hydrogens (tertiary/aromatic N) is 3. The fraction of sp³-hybridized carbons (Fsp3) is 0.500. The maximum atomic E-state index is 12.4. The lowest BCUT2D eigenvalue weighted by Gasteiger charge is -2.30. The van der Waals surface area contributed by atoms with E-state index >= 15 is 0 Å². The molecule has 2 aliphatic rings. The van der Waals surface area contributed by atoms with Crippen LogP contribution in [0.5, 0.6) is 0 Å².